The number of hydrogen-bond donors (Lipinski definition) is 0. The number of carbonyl (C=O) groups excluding carboxylic acids is 2. The fourth-order valence-corrected chi connectivity index (χ4v) is 2.27. The minimum absolute atomic E-state index is 0.0225. The molecular weight excluding hydrogens is 338 g/mol. The molecular formula is C19H18NO6-. The number of aromatic nitrogens is 1. The van der Waals surface area contributed by atoms with Crippen LogP contribution in [0.25, 0.3) is 0 Å². The lowest BCUT2D eigenvalue weighted by molar-refractivity contribution is -0.352. The van der Waals surface area contributed by atoms with Crippen LogP contribution in [0, 0.1) is 13.8 Å². The SMILES string of the molecule is COC(=O)C(=C=C([O-])OC)C(C(=O)c1ccccc1)c1nc(C)c(C)o1. The van der Waals surface area contributed by atoms with E-state index in [1.807, 2.05) is 0 Å². The number of esters is 1. The number of hydrogen-bond acceptors (Lipinski definition) is 7. The molecule has 7 heteroatoms. The van der Waals surface area contributed by atoms with Crippen molar-refractivity contribution in [3.8, 4) is 0 Å². The summed E-state index contributed by atoms with van der Waals surface area (Å²) in [6.45, 7) is 3.39. The highest BCUT2D eigenvalue weighted by atomic mass is 16.6. The third-order valence-corrected chi connectivity index (χ3v) is 3.73. The van der Waals surface area contributed by atoms with E-state index in [4.69, 9.17) is 9.15 Å². The number of ketones is 1. The van der Waals surface area contributed by atoms with Crippen LogP contribution < -0.4 is 5.11 Å². The van der Waals surface area contributed by atoms with E-state index in [0.29, 0.717) is 17.0 Å². The van der Waals surface area contributed by atoms with Gasteiger partial charge in [-0.25, -0.2) is 9.78 Å². The van der Waals surface area contributed by atoms with Gasteiger partial charge < -0.3 is 19.0 Å². The molecule has 0 N–H and O–H groups in total. The first-order valence-corrected chi connectivity index (χ1v) is 7.72. The van der Waals surface area contributed by atoms with Crippen LogP contribution in [0.2, 0.25) is 0 Å². The first-order valence-electron chi connectivity index (χ1n) is 7.72. The minimum atomic E-state index is -1.30. The van der Waals surface area contributed by atoms with Crippen LogP contribution >= 0.6 is 0 Å². The molecule has 1 aromatic heterocycles. The van der Waals surface area contributed by atoms with Crippen LogP contribution in [-0.2, 0) is 14.3 Å². The van der Waals surface area contributed by atoms with Crippen LogP contribution in [-0.4, -0.2) is 31.0 Å². The molecule has 26 heavy (non-hydrogen) atoms. The van der Waals surface area contributed by atoms with Gasteiger partial charge in [0.15, 0.2) is 5.78 Å². The second-order valence-corrected chi connectivity index (χ2v) is 5.38. The topological polar surface area (TPSA) is 102 Å². The maximum atomic E-state index is 13.1. The van der Waals surface area contributed by atoms with E-state index < -0.39 is 23.6 Å². The maximum absolute atomic E-state index is 13.1. The Morgan fingerprint density at radius 1 is 1.15 bits per heavy atom. The fraction of sp³-hybridized carbons (Fsp3) is 0.263. The number of carbonyl (C=O) groups is 2. The monoisotopic (exact) mass is 356 g/mol. The highest BCUT2D eigenvalue weighted by Crippen LogP contribution is 2.30. The number of benzene rings is 1. The third kappa shape index (κ3) is 4.02. The molecule has 0 aliphatic carbocycles. The van der Waals surface area contributed by atoms with Crippen LogP contribution in [0.15, 0.2) is 52.0 Å². The van der Waals surface area contributed by atoms with Gasteiger partial charge in [-0.1, -0.05) is 36.1 Å². The zero-order valence-electron chi connectivity index (χ0n) is 14.9. The largest absolute Gasteiger partial charge is 0.611 e. The van der Waals surface area contributed by atoms with Crippen molar-refractivity contribution >= 4 is 11.8 Å². The van der Waals surface area contributed by atoms with Crippen LogP contribution in [0.5, 0.6) is 0 Å². The lowest BCUT2D eigenvalue weighted by Crippen LogP contribution is -2.22. The molecule has 0 bridgehead atoms. The van der Waals surface area contributed by atoms with Crippen molar-refractivity contribution < 1.29 is 28.6 Å². The molecule has 0 aliphatic rings. The van der Waals surface area contributed by atoms with E-state index in [1.54, 1.807) is 44.2 Å². The lowest BCUT2D eigenvalue weighted by atomic mass is 9.90. The van der Waals surface area contributed by atoms with Crippen molar-refractivity contribution in [1.29, 1.82) is 0 Å². The van der Waals surface area contributed by atoms with Gasteiger partial charge in [-0.15, -0.1) is 0 Å². The Balaban J connectivity index is 2.71. The number of rotatable bonds is 6. The molecule has 0 radical (unpaired) electrons. The molecule has 2 rings (SSSR count). The summed E-state index contributed by atoms with van der Waals surface area (Å²) in [5.74, 6) is -3.13. The first kappa shape index (κ1) is 19.0. The number of nitrogens with zero attached hydrogens (tertiary/aromatic N) is 1. The molecule has 2 aromatic rings. The summed E-state index contributed by atoms with van der Waals surface area (Å²) >= 11 is 0. The number of Topliss-reactive ketones (excluding diaryl/α,β-unsaturated/α-hetero) is 1. The van der Waals surface area contributed by atoms with Crippen LogP contribution in [0.4, 0.5) is 0 Å². The summed E-state index contributed by atoms with van der Waals surface area (Å²) in [5, 5.41) is 11.7. The van der Waals surface area contributed by atoms with Gasteiger partial charge in [-0.05, 0) is 21.0 Å². The standard InChI is InChI=1S/C19H19NO6/c1-11-12(2)26-18(20-11)16(17(22)13-8-6-5-7-9-13)14(19(23)25-4)10-15(21)24-3/h5-9,16,21H,1-4H3/p-1. The molecule has 1 unspecified atom stereocenters. The second kappa shape index (κ2) is 8.18. The van der Waals surface area contributed by atoms with Gasteiger partial charge >= 0.3 is 5.97 Å². The molecule has 0 saturated heterocycles. The average Bonchev–Trinajstić information content (AvgIpc) is 2.99. The summed E-state index contributed by atoms with van der Waals surface area (Å²) in [6, 6.07) is 8.29. The smallest absolute Gasteiger partial charge is 0.342 e. The Hall–Kier alpha value is -3.31. The van der Waals surface area contributed by atoms with Crippen molar-refractivity contribution in [3.05, 3.63) is 70.5 Å². The zero-order chi connectivity index (χ0) is 19.3. The van der Waals surface area contributed by atoms with Crippen molar-refractivity contribution in [2.24, 2.45) is 0 Å². The molecule has 1 atom stereocenters. The number of ether oxygens (including phenoxy) is 2. The van der Waals surface area contributed by atoms with Gasteiger partial charge in [0.2, 0.25) is 5.89 Å². The third-order valence-electron chi connectivity index (χ3n) is 3.73. The molecule has 7 nitrogen and oxygen atoms in total. The molecule has 0 amide bonds. The van der Waals surface area contributed by atoms with Gasteiger partial charge in [0.25, 0.3) is 0 Å². The molecule has 0 spiro atoms. The maximum Gasteiger partial charge on any atom is 0.342 e. The quantitative estimate of drug-likeness (QED) is 0.256. The predicted octanol–water partition coefficient (Wildman–Crippen LogP) is 1.80. The van der Waals surface area contributed by atoms with Crippen molar-refractivity contribution in [3.63, 3.8) is 0 Å². The number of methoxy groups -OCH3 is 2. The Morgan fingerprint density at radius 2 is 1.81 bits per heavy atom. The van der Waals surface area contributed by atoms with E-state index in [0.717, 1.165) is 14.2 Å². The molecule has 0 saturated carbocycles. The summed E-state index contributed by atoms with van der Waals surface area (Å²) in [5.41, 5.74) is 2.80. The minimum Gasteiger partial charge on any atom is -0.611 e. The average molecular weight is 356 g/mol. The van der Waals surface area contributed by atoms with Crippen molar-refractivity contribution in [2.45, 2.75) is 19.8 Å². The summed E-state index contributed by atoms with van der Waals surface area (Å²) in [4.78, 5) is 29.6. The van der Waals surface area contributed by atoms with E-state index >= 15 is 0 Å². The second-order valence-electron chi connectivity index (χ2n) is 5.38. The Kier molecular flexibility index (Phi) is 5.98. The Bertz CT molecular complexity index is 855. The summed E-state index contributed by atoms with van der Waals surface area (Å²) < 4.78 is 14.8. The number of aryl methyl sites for hydroxylation is 2. The van der Waals surface area contributed by atoms with E-state index in [2.05, 4.69) is 15.5 Å². The lowest BCUT2D eigenvalue weighted by Gasteiger charge is -2.15. The number of oxazole rings is 1. The molecule has 0 aliphatic heterocycles. The van der Waals surface area contributed by atoms with Crippen LogP contribution in [0.1, 0.15) is 33.6 Å². The fourth-order valence-electron chi connectivity index (χ4n) is 2.27. The van der Waals surface area contributed by atoms with Gasteiger partial charge in [0.05, 0.1) is 18.7 Å². The Labute approximate surface area is 150 Å². The van der Waals surface area contributed by atoms with Gasteiger partial charge in [-0.3, -0.25) is 4.79 Å². The molecule has 1 heterocycles. The van der Waals surface area contributed by atoms with Crippen molar-refractivity contribution in [1.82, 2.24) is 4.98 Å². The van der Waals surface area contributed by atoms with Gasteiger partial charge in [0, 0.05) is 5.56 Å². The molecule has 1 aromatic carbocycles. The van der Waals surface area contributed by atoms with Crippen molar-refractivity contribution in [2.75, 3.05) is 14.2 Å². The van der Waals surface area contributed by atoms with E-state index in [9.17, 15) is 14.7 Å². The summed E-state index contributed by atoms with van der Waals surface area (Å²) in [6.07, 6.45) is 0. The molecule has 0 fully saturated rings. The van der Waals surface area contributed by atoms with E-state index in [1.165, 1.54) is 0 Å². The normalized spacial score (nSPS) is 11.2. The predicted molar refractivity (Wildman–Crippen MR) is 89.1 cm³/mol. The van der Waals surface area contributed by atoms with Crippen LogP contribution in [0.3, 0.4) is 0 Å². The first-order chi connectivity index (χ1) is 12.4. The van der Waals surface area contributed by atoms with Gasteiger partial charge in [0.1, 0.15) is 17.3 Å². The van der Waals surface area contributed by atoms with Gasteiger partial charge in [-0.2, -0.15) is 0 Å². The highest BCUT2D eigenvalue weighted by molar-refractivity contribution is 6.08. The Morgan fingerprint density at radius 3 is 2.31 bits per heavy atom. The highest BCUT2D eigenvalue weighted by Gasteiger charge is 2.35. The molecule has 136 valence electrons. The zero-order valence-corrected chi connectivity index (χ0v) is 14.9. The van der Waals surface area contributed by atoms with E-state index in [-0.39, 0.29) is 11.5 Å². The summed E-state index contributed by atoms with van der Waals surface area (Å²) in [7, 11) is 2.27.